The molecule has 0 unspecified atom stereocenters. The molecule has 1 fully saturated rings. The number of methoxy groups -OCH3 is 3. The van der Waals surface area contributed by atoms with Crippen molar-refractivity contribution in [3.63, 3.8) is 0 Å². The number of rotatable bonds is 22. The molecule has 0 aliphatic heterocycles. The van der Waals surface area contributed by atoms with Crippen molar-refractivity contribution >= 4 is 166 Å². The minimum absolute atomic E-state index is 0.0333. The summed E-state index contributed by atoms with van der Waals surface area (Å²) in [6.45, 7) is 8.70. The molecule has 23 nitrogen and oxygen atoms in total. The Morgan fingerprint density at radius 3 is 1.38 bits per heavy atom. The van der Waals surface area contributed by atoms with Crippen molar-refractivity contribution in [2.75, 3.05) is 26.6 Å². The standard InChI is InChI=1S/C32H31F5N4O4.C31H22Cl3N5O3.C31H23Cl3N4O3/c1-6-25(32(35,36)37)39-19-14-22(33)27(23(34)15-19)29(42)40-24(31(44)45-5)13-18-9-10-21(28-20(18)8-7-11-38-28)26-16(2)12-17(3)41(4)30(26)43;1-42-31(41)24(38-30(40)25-22(33)13-23-28(26(25)34)39-29(37-23)16-5-6-16)12-17-7-9-20(27-18(17)3-2-10-36-27)19-8-4-15(14-35)11-21(19)32;1-15-16(2)37-24-13-23(33)27(28(34)26(15)24)30(39)38-25(31(40)41-3)12-18-7-9-21(29-19(18)5-4-10-36-29)20-8-6-17(14-35)11-22(20)32/h7-12,14-15,24-25,39H,6,13H2,1-5H3,(H,40,42);2-4,7-11,13,16,24H,5-6,12H2,1H3,(H,37,39)(H,38,40);4-11,13,25,37H,12H2,1-3H3,(H,38,39)/t24-,25+;24-;25-/m000/s1. The number of hydrogen-bond acceptors (Lipinski definition) is 17. The van der Waals surface area contributed by atoms with Gasteiger partial charge >= 0.3 is 24.1 Å². The monoisotopic (exact) mass is 1850 g/mol. The van der Waals surface area contributed by atoms with Crippen LogP contribution in [-0.4, -0.2) is 122 Å². The van der Waals surface area contributed by atoms with Gasteiger partial charge in [0.1, 0.15) is 52.7 Å². The maximum Gasteiger partial charge on any atom is 0.408 e. The molecule has 654 valence electrons. The van der Waals surface area contributed by atoms with Crippen molar-refractivity contribution < 1.29 is 64.9 Å². The number of anilines is 1. The number of alkyl halides is 3. The first kappa shape index (κ1) is 92.6. The van der Waals surface area contributed by atoms with Crippen molar-refractivity contribution in [2.24, 2.45) is 7.05 Å². The molecule has 0 bridgehead atoms. The van der Waals surface area contributed by atoms with Gasteiger partial charge in [-0.15, -0.1) is 0 Å². The number of nitrogens with zero attached hydrogens (tertiary/aromatic N) is 7. The van der Waals surface area contributed by atoms with E-state index in [9.17, 15) is 66.0 Å². The van der Waals surface area contributed by atoms with Crippen molar-refractivity contribution in [1.29, 1.82) is 10.5 Å². The van der Waals surface area contributed by atoms with E-state index in [1.54, 1.807) is 111 Å². The molecule has 6 heterocycles. The van der Waals surface area contributed by atoms with Gasteiger partial charge in [-0.1, -0.05) is 143 Å². The van der Waals surface area contributed by atoms with Crippen LogP contribution in [0.25, 0.3) is 88.0 Å². The minimum atomic E-state index is -4.67. The molecule has 6 aromatic heterocycles. The zero-order chi connectivity index (χ0) is 92.2. The molecule has 8 aromatic carbocycles. The molecule has 6 N–H and O–H groups in total. The molecule has 0 radical (unpaired) electrons. The van der Waals surface area contributed by atoms with Crippen LogP contribution >= 0.6 is 69.6 Å². The minimum Gasteiger partial charge on any atom is -0.467 e. The van der Waals surface area contributed by atoms with E-state index in [-0.39, 0.29) is 56.0 Å². The fraction of sp³-hybridized carbons (Fsp3) is 0.223. The van der Waals surface area contributed by atoms with Gasteiger partial charge in [0.15, 0.2) is 0 Å². The first-order valence-corrected chi connectivity index (χ1v) is 41.9. The van der Waals surface area contributed by atoms with Gasteiger partial charge in [0.25, 0.3) is 23.3 Å². The van der Waals surface area contributed by atoms with Gasteiger partial charge in [-0.25, -0.2) is 28.1 Å². The molecule has 3 amide bonds. The molecule has 14 aromatic rings. The number of H-pyrrole nitrogens is 2. The molecular formula is C94H76Cl6F5N13O10. The van der Waals surface area contributed by atoms with E-state index in [1.807, 2.05) is 75.5 Å². The zero-order valence-corrected chi connectivity index (χ0v) is 74.0. The summed E-state index contributed by atoms with van der Waals surface area (Å²) in [4.78, 5) is 116. The van der Waals surface area contributed by atoms with Gasteiger partial charge in [0.05, 0.1) is 103 Å². The summed E-state index contributed by atoms with van der Waals surface area (Å²) in [5.74, 6) is -6.39. The Morgan fingerprint density at radius 1 is 0.539 bits per heavy atom. The second kappa shape index (κ2) is 39.0. The highest BCUT2D eigenvalue weighted by atomic mass is 35.5. The summed E-state index contributed by atoms with van der Waals surface area (Å²) in [6.07, 6.45) is 1.93. The second-order valence-electron chi connectivity index (χ2n) is 30.2. The Kier molecular flexibility index (Phi) is 28.2. The Balaban J connectivity index is 0.000000164. The summed E-state index contributed by atoms with van der Waals surface area (Å²) in [5.41, 5.74) is 12.1. The number of carbonyl (C=O) groups is 6. The van der Waals surface area contributed by atoms with E-state index < -0.39 is 95.3 Å². The lowest BCUT2D eigenvalue weighted by molar-refractivity contribution is -0.143. The Morgan fingerprint density at radius 2 is 0.961 bits per heavy atom. The maximum absolute atomic E-state index is 14.9. The normalized spacial score (nSPS) is 12.8. The number of hydrogen-bond donors (Lipinski definition) is 6. The number of nitrogens with one attached hydrogen (secondary N) is 6. The summed E-state index contributed by atoms with van der Waals surface area (Å²) in [7, 11) is 5.25. The van der Waals surface area contributed by atoms with Crippen LogP contribution < -0.4 is 26.8 Å². The Bertz CT molecular complexity index is 6990. The predicted octanol–water partition coefficient (Wildman–Crippen LogP) is 20.1. The van der Waals surface area contributed by atoms with Crippen LogP contribution in [-0.2, 0) is 54.9 Å². The molecule has 1 aliphatic carbocycles. The van der Waals surface area contributed by atoms with Crippen LogP contribution in [0.15, 0.2) is 163 Å². The van der Waals surface area contributed by atoms with E-state index in [2.05, 4.69) is 58.0 Å². The van der Waals surface area contributed by atoms with Crippen LogP contribution in [0.5, 0.6) is 0 Å². The fourth-order valence-electron chi connectivity index (χ4n) is 15.3. The highest BCUT2D eigenvalue weighted by Gasteiger charge is 2.40. The lowest BCUT2D eigenvalue weighted by Gasteiger charge is -2.22. The number of fused-ring (bicyclic) bond motifs is 5. The second-order valence-corrected chi connectivity index (χ2v) is 32.6. The number of benzene rings is 8. The van der Waals surface area contributed by atoms with Crippen LogP contribution in [0.4, 0.5) is 27.6 Å². The number of aromatic amines is 2. The molecule has 1 aliphatic rings. The third kappa shape index (κ3) is 19.4. The largest absolute Gasteiger partial charge is 0.467 e. The summed E-state index contributed by atoms with van der Waals surface area (Å²) >= 11 is 39.3. The molecule has 1 saturated carbocycles. The predicted molar refractivity (Wildman–Crippen MR) is 483 cm³/mol. The third-order valence-electron chi connectivity index (χ3n) is 22.1. The highest BCUT2D eigenvalue weighted by molar-refractivity contribution is 6.44. The molecular weight excluding hydrogens is 1780 g/mol. The fourth-order valence-corrected chi connectivity index (χ4v) is 17.3. The number of aromatic nitrogens is 7. The number of aryl methyl sites for hydroxylation is 4. The number of imidazole rings is 1. The van der Waals surface area contributed by atoms with Gasteiger partial charge in [-0.2, -0.15) is 23.7 Å². The van der Waals surface area contributed by atoms with Gasteiger partial charge in [0.2, 0.25) is 0 Å². The number of esters is 3. The van der Waals surface area contributed by atoms with Crippen molar-refractivity contribution in [3.05, 3.63) is 283 Å². The van der Waals surface area contributed by atoms with E-state index in [0.717, 1.165) is 86.8 Å². The Hall–Kier alpha value is -13.1. The lowest BCUT2D eigenvalue weighted by atomic mass is 9.93. The topological polar surface area (TPSA) is 331 Å². The molecule has 128 heavy (non-hydrogen) atoms. The number of pyridine rings is 4. The highest BCUT2D eigenvalue weighted by Crippen LogP contribution is 2.44. The number of amides is 3. The van der Waals surface area contributed by atoms with Crippen LogP contribution in [0.1, 0.15) is 119 Å². The first-order valence-electron chi connectivity index (χ1n) is 39.6. The summed E-state index contributed by atoms with van der Waals surface area (Å²) in [6, 6.07) is 36.5. The average molecular weight is 1860 g/mol. The summed E-state index contributed by atoms with van der Waals surface area (Å²) in [5, 5.41) is 32.5. The van der Waals surface area contributed by atoms with E-state index in [4.69, 9.17) is 83.8 Å². The lowest BCUT2D eigenvalue weighted by Crippen LogP contribution is -2.43. The molecule has 15 rings (SSSR count). The third-order valence-corrected chi connectivity index (χ3v) is 24.1. The first-order chi connectivity index (χ1) is 61.1. The smallest absolute Gasteiger partial charge is 0.408 e. The van der Waals surface area contributed by atoms with Crippen LogP contribution in [0.3, 0.4) is 0 Å². The zero-order valence-electron chi connectivity index (χ0n) is 69.5. The van der Waals surface area contributed by atoms with Crippen LogP contribution in [0.2, 0.25) is 30.1 Å². The van der Waals surface area contributed by atoms with Gasteiger partial charge < -0.3 is 50.0 Å². The van der Waals surface area contributed by atoms with Crippen molar-refractivity contribution in [1.82, 2.24) is 50.4 Å². The van der Waals surface area contributed by atoms with Gasteiger partial charge in [-0.3, -0.25) is 34.1 Å². The van der Waals surface area contributed by atoms with Gasteiger partial charge in [-0.05, 0) is 148 Å². The van der Waals surface area contributed by atoms with Crippen molar-refractivity contribution in [2.45, 2.75) is 109 Å². The summed E-state index contributed by atoms with van der Waals surface area (Å²) < 4.78 is 85.7. The average Bonchev–Trinajstić information content (AvgIpc) is 1.67. The van der Waals surface area contributed by atoms with Crippen molar-refractivity contribution in [3.8, 4) is 45.5 Å². The van der Waals surface area contributed by atoms with Crippen LogP contribution in [0, 0.1) is 62.0 Å². The molecule has 4 atom stereocenters. The number of nitriles is 2. The van der Waals surface area contributed by atoms with E-state index in [0.29, 0.717) is 105 Å². The van der Waals surface area contributed by atoms with Gasteiger partial charge in [0, 0.05) is 133 Å². The SMILES string of the molecule is CC[C@@H](Nc1cc(F)c(C(=O)N[C@@H](Cc2ccc(-c3c(C)cc(C)n(C)c3=O)c3ncccc23)C(=O)OC)c(F)c1)C(F)(F)F.COC(=O)[C@H](Cc1ccc(-c2ccc(C#N)cc2Cl)c2ncccc12)NC(=O)c1c(Cl)cc2[nH]c(C)c(C)c2c1Cl.COC(=O)[C@H](Cc1ccc(-c2ccc(C#N)cc2Cl)c2ncccc12)NC(=O)c1c(Cl)cc2[nH]c(C3CC3)nc2c1Cl. The molecule has 34 heteroatoms. The van der Waals surface area contributed by atoms with E-state index in [1.165, 1.54) is 25.7 Å². The van der Waals surface area contributed by atoms with E-state index >= 15 is 0 Å². The Labute approximate surface area is 758 Å². The maximum atomic E-state index is 14.9. The molecule has 0 spiro atoms. The number of ether oxygens (including phenoxy) is 3. The number of halogens is 11. The quantitative estimate of drug-likeness (QED) is 0.0209. The number of carbonyl (C=O) groups excluding carboxylic acids is 6. The molecule has 0 saturated heterocycles.